The molecule has 1 amide bonds. The molecule has 2 N–H and O–H groups in total. The zero-order valence-corrected chi connectivity index (χ0v) is 16.7. The lowest BCUT2D eigenvalue weighted by molar-refractivity contribution is -0.406. The van der Waals surface area contributed by atoms with Gasteiger partial charge in [0.2, 0.25) is 11.4 Å². The third kappa shape index (κ3) is 3.64. The third-order valence-electron chi connectivity index (χ3n) is 5.68. The molecule has 1 fully saturated rings. The predicted molar refractivity (Wildman–Crippen MR) is 117 cm³/mol. The number of fused-ring (bicyclic) bond motifs is 1. The van der Waals surface area contributed by atoms with Crippen LogP contribution in [0.25, 0.3) is 0 Å². The normalized spacial score (nSPS) is 18.1. The van der Waals surface area contributed by atoms with E-state index in [1.807, 2.05) is 47.4 Å². The molecule has 0 aromatic heterocycles. The maximum Gasteiger partial charge on any atom is 0.251 e. The molecule has 0 bridgehead atoms. The molecule has 0 aliphatic carbocycles. The summed E-state index contributed by atoms with van der Waals surface area (Å²) in [5.41, 5.74) is 5.58. The van der Waals surface area contributed by atoms with E-state index in [-0.39, 0.29) is 11.9 Å². The molecular formula is C26H24N3O+. The van der Waals surface area contributed by atoms with Crippen LogP contribution in [0.3, 0.4) is 0 Å². The summed E-state index contributed by atoms with van der Waals surface area (Å²) < 4.78 is 0. The molecule has 1 unspecified atom stereocenters. The van der Waals surface area contributed by atoms with Crippen molar-refractivity contribution in [1.82, 2.24) is 10.2 Å². The Hall–Kier alpha value is -3.66. The van der Waals surface area contributed by atoms with Crippen LogP contribution in [0.4, 0.5) is 0 Å². The lowest BCUT2D eigenvalue weighted by Crippen LogP contribution is -2.76. The van der Waals surface area contributed by atoms with Crippen LogP contribution in [-0.2, 0) is 17.6 Å². The molecule has 5 rings (SSSR count). The fourth-order valence-corrected chi connectivity index (χ4v) is 4.17. The summed E-state index contributed by atoms with van der Waals surface area (Å²) in [5.74, 6) is 1.04. The zero-order valence-electron chi connectivity index (χ0n) is 16.7. The highest BCUT2D eigenvalue weighted by atomic mass is 16.2. The number of carbonyl (C=O) groups excluding carboxylic acids is 1. The van der Waals surface area contributed by atoms with Gasteiger partial charge in [-0.15, -0.1) is 0 Å². The van der Waals surface area contributed by atoms with Gasteiger partial charge in [-0.1, -0.05) is 78.9 Å². The number of hydrogen-bond acceptors (Lipinski definition) is 2. The van der Waals surface area contributed by atoms with E-state index in [0.29, 0.717) is 13.0 Å². The Labute approximate surface area is 176 Å². The molecule has 2 heterocycles. The number of rotatable bonds is 5. The van der Waals surface area contributed by atoms with Crippen LogP contribution in [0.5, 0.6) is 0 Å². The summed E-state index contributed by atoms with van der Waals surface area (Å²) in [5, 5.41) is 3.51. The van der Waals surface area contributed by atoms with Gasteiger partial charge in [-0.25, -0.2) is 4.99 Å². The van der Waals surface area contributed by atoms with Crippen molar-refractivity contribution in [2.45, 2.75) is 18.9 Å². The maximum absolute atomic E-state index is 13.3. The van der Waals surface area contributed by atoms with Crippen LogP contribution in [0.2, 0.25) is 0 Å². The molecule has 4 nitrogen and oxygen atoms in total. The van der Waals surface area contributed by atoms with Gasteiger partial charge >= 0.3 is 0 Å². The van der Waals surface area contributed by atoms with Crippen molar-refractivity contribution in [3.05, 3.63) is 119 Å². The second kappa shape index (κ2) is 7.99. The van der Waals surface area contributed by atoms with Crippen molar-refractivity contribution in [2.75, 3.05) is 6.54 Å². The number of carbonyl (C=O) groups is 1. The van der Waals surface area contributed by atoms with Crippen LogP contribution in [-0.4, -0.2) is 29.1 Å². The molecule has 0 spiro atoms. The fraction of sp³-hybridized carbons (Fsp3) is 0.154. The average molecular weight is 394 g/mol. The van der Waals surface area contributed by atoms with E-state index >= 15 is 0 Å². The minimum atomic E-state index is -0.245. The standard InChI is InChI=1S/C26H23N3O/c30-26-23(17-20-12-6-2-7-13-20)28-25-22(16-19-10-4-1-5-11-19)27-24(18-29(25)26)21-14-8-3-9-15-21/h1-15,23,28H,16-18H2/p+1. The molecule has 1 atom stereocenters. The number of amides is 1. The Balaban J connectivity index is 1.49. The first-order valence-corrected chi connectivity index (χ1v) is 10.3. The summed E-state index contributed by atoms with van der Waals surface area (Å²) in [6.45, 7) is 0.550. The van der Waals surface area contributed by atoms with Gasteiger partial charge in [0.25, 0.3) is 5.91 Å². The highest BCUT2D eigenvalue weighted by Gasteiger charge is 2.42. The highest BCUT2D eigenvalue weighted by molar-refractivity contribution is 6.01. The molecule has 30 heavy (non-hydrogen) atoms. The predicted octanol–water partition coefficient (Wildman–Crippen LogP) is 2.02. The van der Waals surface area contributed by atoms with Crippen molar-refractivity contribution in [1.29, 1.82) is 0 Å². The Bertz CT molecular complexity index is 1100. The molecular weight excluding hydrogens is 370 g/mol. The van der Waals surface area contributed by atoms with E-state index in [2.05, 4.69) is 58.8 Å². The summed E-state index contributed by atoms with van der Waals surface area (Å²) in [7, 11) is 0. The van der Waals surface area contributed by atoms with Crippen molar-refractivity contribution in [2.24, 2.45) is 0 Å². The van der Waals surface area contributed by atoms with Crippen molar-refractivity contribution < 1.29 is 9.79 Å². The van der Waals surface area contributed by atoms with Crippen LogP contribution >= 0.6 is 0 Å². The summed E-state index contributed by atoms with van der Waals surface area (Å²) in [4.78, 5) is 18.8. The van der Waals surface area contributed by atoms with E-state index in [4.69, 9.17) is 0 Å². The first kappa shape index (κ1) is 18.4. The van der Waals surface area contributed by atoms with Gasteiger partial charge < -0.3 is 5.32 Å². The van der Waals surface area contributed by atoms with Gasteiger partial charge in [-0.2, -0.15) is 0 Å². The Kier molecular flexibility index (Phi) is 4.89. The quantitative estimate of drug-likeness (QED) is 0.696. The Morgan fingerprint density at radius 3 is 2.10 bits per heavy atom. The number of hydrogen-bond donors (Lipinski definition) is 2. The van der Waals surface area contributed by atoms with Gasteiger partial charge in [-0.05, 0) is 23.3 Å². The lowest BCUT2D eigenvalue weighted by Gasteiger charge is -2.20. The molecule has 4 heteroatoms. The van der Waals surface area contributed by atoms with Crippen LogP contribution in [0.15, 0.2) is 103 Å². The van der Waals surface area contributed by atoms with Crippen molar-refractivity contribution >= 4 is 11.6 Å². The number of benzene rings is 3. The third-order valence-corrected chi connectivity index (χ3v) is 5.68. The van der Waals surface area contributed by atoms with Crippen LogP contribution < -0.4 is 10.3 Å². The van der Waals surface area contributed by atoms with Crippen molar-refractivity contribution in [3.8, 4) is 0 Å². The van der Waals surface area contributed by atoms with Crippen molar-refractivity contribution in [3.63, 3.8) is 0 Å². The number of nitrogens with one attached hydrogen (secondary N) is 2. The minimum Gasteiger partial charge on any atom is -0.354 e. The van der Waals surface area contributed by atoms with E-state index in [9.17, 15) is 4.79 Å². The largest absolute Gasteiger partial charge is 0.354 e. The molecule has 0 saturated carbocycles. The number of allylic oxidation sites excluding steroid dienone is 1. The molecule has 3 aromatic carbocycles. The smallest absolute Gasteiger partial charge is 0.251 e. The van der Waals surface area contributed by atoms with Gasteiger partial charge in [0.15, 0.2) is 5.82 Å². The minimum absolute atomic E-state index is 0.134. The van der Waals surface area contributed by atoms with E-state index < -0.39 is 0 Å². The summed E-state index contributed by atoms with van der Waals surface area (Å²) in [6.07, 6.45) is 1.42. The first-order valence-electron chi connectivity index (χ1n) is 10.3. The molecule has 1 saturated heterocycles. The SMILES string of the molecule is O=C1C(Cc2ccccc2)NC2=C(Cc3ccccc3)[NH+]=C(c3ccccc3)CN12. The topological polar surface area (TPSA) is 46.3 Å². The summed E-state index contributed by atoms with van der Waals surface area (Å²) >= 11 is 0. The molecule has 148 valence electrons. The number of nitrogens with zero attached hydrogens (tertiary/aromatic N) is 1. The Morgan fingerprint density at radius 1 is 0.833 bits per heavy atom. The zero-order chi connectivity index (χ0) is 20.3. The lowest BCUT2D eigenvalue weighted by atomic mass is 10.0. The summed E-state index contributed by atoms with van der Waals surface area (Å²) in [6, 6.07) is 30.6. The second-order valence-electron chi connectivity index (χ2n) is 7.77. The molecule has 3 aromatic rings. The highest BCUT2D eigenvalue weighted by Crippen LogP contribution is 2.22. The van der Waals surface area contributed by atoms with Gasteiger partial charge in [0.1, 0.15) is 12.6 Å². The first-order chi connectivity index (χ1) is 14.8. The van der Waals surface area contributed by atoms with Crippen LogP contribution in [0, 0.1) is 0 Å². The van der Waals surface area contributed by atoms with E-state index in [1.165, 1.54) is 5.56 Å². The van der Waals surface area contributed by atoms with Gasteiger partial charge in [0, 0.05) is 12.0 Å². The molecule has 2 aliphatic rings. The second-order valence-corrected chi connectivity index (χ2v) is 7.77. The maximum atomic E-state index is 13.3. The van der Waals surface area contributed by atoms with Gasteiger partial charge in [0.05, 0.1) is 6.42 Å². The average Bonchev–Trinajstić information content (AvgIpc) is 3.11. The monoisotopic (exact) mass is 394 g/mol. The Morgan fingerprint density at radius 2 is 1.43 bits per heavy atom. The van der Waals surface area contributed by atoms with E-state index in [0.717, 1.165) is 34.8 Å². The van der Waals surface area contributed by atoms with Gasteiger partial charge in [-0.3, -0.25) is 9.69 Å². The van der Waals surface area contributed by atoms with Crippen LogP contribution in [0.1, 0.15) is 16.7 Å². The molecule has 2 aliphatic heterocycles. The fourth-order valence-electron chi connectivity index (χ4n) is 4.17. The molecule has 0 radical (unpaired) electrons. The van der Waals surface area contributed by atoms with E-state index in [1.54, 1.807) is 0 Å².